The van der Waals surface area contributed by atoms with Crippen LogP contribution in [0.15, 0.2) is 122 Å². The van der Waals surface area contributed by atoms with E-state index in [4.69, 9.17) is 18.9 Å². The number of carbonyl (C=O) groups excluding carboxylic acids is 2. The van der Waals surface area contributed by atoms with Crippen LogP contribution in [0.2, 0.25) is 0 Å². The van der Waals surface area contributed by atoms with Crippen molar-refractivity contribution in [3.05, 3.63) is 145 Å². The highest BCUT2D eigenvalue weighted by Crippen LogP contribution is 2.50. The Bertz CT molecular complexity index is 1500. The molecule has 0 unspecified atom stereocenters. The quantitative estimate of drug-likeness (QED) is 0.0988. The Morgan fingerprint density at radius 3 is 1.70 bits per heavy atom. The van der Waals surface area contributed by atoms with Gasteiger partial charge in [-0.1, -0.05) is 86.0 Å². The van der Waals surface area contributed by atoms with Crippen LogP contribution in [0.25, 0.3) is 11.1 Å². The lowest BCUT2D eigenvalue weighted by Gasteiger charge is -2.32. The first kappa shape index (κ1) is 29.4. The molecule has 1 aliphatic carbocycles. The Labute approximate surface area is 252 Å². The highest BCUT2D eigenvalue weighted by molar-refractivity contribution is 5.81. The van der Waals surface area contributed by atoms with Gasteiger partial charge in [-0.15, -0.1) is 0 Å². The van der Waals surface area contributed by atoms with Crippen molar-refractivity contribution in [1.29, 1.82) is 0 Å². The van der Waals surface area contributed by atoms with Crippen LogP contribution in [0, 0.1) is 0 Å². The van der Waals surface area contributed by atoms with Crippen molar-refractivity contribution in [3.63, 3.8) is 0 Å². The third kappa shape index (κ3) is 6.70. The van der Waals surface area contributed by atoms with Crippen molar-refractivity contribution in [1.82, 2.24) is 0 Å². The first-order chi connectivity index (χ1) is 21.0. The van der Waals surface area contributed by atoms with Crippen LogP contribution in [-0.2, 0) is 30.9 Å². The summed E-state index contributed by atoms with van der Waals surface area (Å²) in [6, 6.07) is 33.5. The lowest BCUT2D eigenvalue weighted by atomic mass is 9.70. The van der Waals surface area contributed by atoms with Gasteiger partial charge in [0, 0.05) is 17.6 Å². The Balaban J connectivity index is 1.42. The first-order valence-corrected chi connectivity index (χ1v) is 14.3. The van der Waals surface area contributed by atoms with E-state index in [2.05, 4.69) is 79.9 Å². The molecule has 0 N–H and O–H groups in total. The highest BCUT2D eigenvalue weighted by atomic mass is 16.6. The average Bonchev–Trinajstić information content (AvgIpc) is 3.45. The molecule has 0 spiro atoms. The van der Waals surface area contributed by atoms with E-state index in [0.717, 1.165) is 36.1 Å². The van der Waals surface area contributed by atoms with Crippen molar-refractivity contribution >= 4 is 11.9 Å². The van der Waals surface area contributed by atoms with Crippen LogP contribution in [0.1, 0.15) is 28.7 Å². The molecule has 6 nitrogen and oxygen atoms in total. The van der Waals surface area contributed by atoms with Crippen molar-refractivity contribution < 1.29 is 28.5 Å². The van der Waals surface area contributed by atoms with Crippen LogP contribution in [0.4, 0.5) is 0 Å². The third-order valence-electron chi connectivity index (χ3n) is 7.66. The molecule has 4 aromatic rings. The molecule has 218 valence electrons. The number of hydrogen-bond acceptors (Lipinski definition) is 6. The number of ether oxygens (including phenoxy) is 4. The molecule has 0 heterocycles. The second-order valence-electron chi connectivity index (χ2n) is 10.1. The van der Waals surface area contributed by atoms with Gasteiger partial charge in [0.25, 0.3) is 0 Å². The minimum atomic E-state index is -0.469. The Hall–Kier alpha value is -5.10. The van der Waals surface area contributed by atoms with Crippen LogP contribution < -0.4 is 9.47 Å². The van der Waals surface area contributed by atoms with Crippen LogP contribution >= 0.6 is 0 Å². The number of benzene rings is 4. The normalized spacial score (nSPS) is 12.9. The molecule has 1 aliphatic rings. The number of fused-ring (bicyclic) bond motifs is 1. The summed E-state index contributed by atoms with van der Waals surface area (Å²) in [6.07, 6.45) is 4.12. The standard InChI is InChI=1S/C37H34O6/c1-3-35(38)42-24-22-40-32-15-11-30(12-16-32)37(31-13-17-33(18-14-31)41-23-25-43-36(39)4-2)21-20-29-26-28(10-19-34(29)37)27-8-6-5-7-9-27/h3-19,26H,1-2,20-25H2. The van der Waals surface area contributed by atoms with E-state index in [9.17, 15) is 9.59 Å². The Kier molecular flexibility index (Phi) is 9.37. The molecule has 5 rings (SSSR count). The van der Waals surface area contributed by atoms with Crippen LogP contribution in [0.5, 0.6) is 11.5 Å². The van der Waals surface area contributed by atoms with Crippen LogP contribution in [-0.4, -0.2) is 38.4 Å². The predicted molar refractivity (Wildman–Crippen MR) is 166 cm³/mol. The zero-order valence-corrected chi connectivity index (χ0v) is 24.0. The van der Waals surface area contributed by atoms with Crippen LogP contribution in [0.3, 0.4) is 0 Å². The van der Waals surface area contributed by atoms with Gasteiger partial charge in [0.05, 0.1) is 0 Å². The second kappa shape index (κ2) is 13.7. The van der Waals surface area contributed by atoms with Gasteiger partial charge in [-0.3, -0.25) is 0 Å². The summed E-state index contributed by atoms with van der Waals surface area (Å²) in [5.74, 6) is 0.465. The molecule has 0 aliphatic heterocycles. The lowest BCUT2D eigenvalue weighted by molar-refractivity contribution is -0.139. The van der Waals surface area contributed by atoms with Gasteiger partial charge in [0.15, 0.2) is 0 Å². The molecule has 0 saturated carbocycles. The maximum Gasteiger partial charge on any atom is 0.330 e. The van der Waals surface area contributed by atoms with Gasteiger partial charge < -0.3 is 18.9 Å². The third-order valence-corrected chi connectivity index (χ3v) is 7.66. The average molecular weight is 575 g/mol. The molecule has 0 amide bonds. The van der Waals surface area contributed by atoms with E-state index < -0.39 is 11.9 Å². The van der Waals surface area contributed by atoms with Gasteiger partial charge in [0.1, 0.15) is 37.9 Å². The fourth-order valence-electron chi connectivity index (χ4n) is 5.64. The molecule has 0 radical (unpaired) electrons. The largest absolute Gasteiger partial charge is 0.490 e. The number of esters is 2. The summed E-state index contributed by atoms with van der Waals surface area (Å²) in [7, 11) is 0. The van der Waals surface area contributed by atoms with E-state index in [-0.39, 0.29) is 31.8 Å². The topological polar surface area (TPSA) is 71.1 Å². The SMILES string of the molecule is C=CC(=O)OCCOc1ccc(C2(c3ccc(OCCOC(=O)C=C)cc3)CCc3cc(-c4ccccc4)ccc32)cc1. The van der Waals surface area contributed by atoms with Gasteiger partial charge in [-0.2, -0.15) is 0 Å². The number of aryl methyl sites for hydroxylation is 1. The predicted octanol–water partition coefficient (Wildman–Crippen LogP) is 6.85. The highest BCUT2D eigenvalue weighted by Gasteiger charge is 2.42. The molecule has 0 saturated heterocycles. The van der Waals surface area contributed by atoms with Gasteiger partial charge >= 0.3 is 11.9 Å². The molecule has 0 fully saturated rings. The van der Waals surface area contributed by atoms with Gasteiger partial charge in [0.2, 0.25) is 0 Å². The fourth-order valence-corrected chi connectivity index (χ4v) is 5.64. The van der Waals surface area contributed by atoms with Gasteiger partial charge in [-0.05, 0) is 70.5 Å². The van der Waals surface area contributed by atoms with E-state index in [0.29, 0.717) is 11.5 Å². The van der Waals surface area contributed by atoms with Gasteiger partial charge in [-0.25, -0.2) is 9.59 Å². The van der Waals surface area contributed by atoms with E-state index in [1.54, 1.807) is 0 Å². The summed E-state index contributed by atoms with van der Waals surface area (Å²) in [6.45, 7) is 7.61. The zero-order chi connectivity index (χ0) is 30.1. The molecule has 6 heteroatoms. The fraction of sp³-hybridized carbons (Fsp3) is 0.189. The summed E-state index contributed by atoms with van der Waals surface area (Å²) >= 11 is 0. The lowest BCUT2D eigenvalue weighted by Crippen LogP contribution is -2.26. The zero-order valence-electron chi connectivity index (χ0n) is 24.0. The van der Waals surface area contributed by atoms with Crippen molar-refractivity contribution in [2.24, 2.45) is 0 Å². The van der Waals surface area contributed by atoms with Crippen molar-refractivity contribution in [2.75, 3.05) is 26.4 Å². The first-order valence-electron chi connectivity index (χ1n) is 14.3. The Morgan fingerprint density at radius 1 is 0.651 bits per heavy atom. The van der Waals surface area contributed by atoms with E-state index in [1.807, 2.05) is 30.3 Å². The molecule has 0 atom stereocenters. The van der Waals surface area contributed by atoms with E-state index >= 15 is 0 Å². The monoisotopic (exact) mass is 574 g/mol. The minimum absolute atomic E-state index is 0.152. The molecule has 0 bridgehead atoms. The maximum absolute atomic E-state index is 11.3. The van der Waals surface area contributed by atoms with E-state index in [1.165, 1.54) is 22.3 Å². The smallest absolute Gasteiger partial charge is 0.330 e. The molecule has 4 aromatic carbocycles. The summed E-state index contributed by atoms with van der Waals surface area (Å²) in [5.41, 5.74) is 6.97. The molecular weight excluding hydrogens is 540 g/mol. The summed E-state index contributed by atoms with van der Waals surface area (Å²) < 4.78 is 21.6. The summed E-state index contributed by atoms with van der Waals surface area (Å²) in [4.78, 5) is 22.6. The maximum atomic E-state index is 11.3. The minimum Gasteiger partial charge on any atom is -0.490 e. The number of hydrogen-bond donors (Lipinski definition) is 0. The van der Waals surface area contributed by atoms with Crippen molar-refractivity contribution in [3.8, 4) is 22.6 Å². The molecule has 43 heavy (non-hydrogen) atoms. The molecule has 0 aromatic heterocycles. The molecular formula is C37H34O6. The second-order valence-corrected chi connectivity index (χ2v) is 10.1. The van der Waals surface area contributed by atoms with Crippen molar-refractivity contribution in [2.45, 2.75) is 18.3 Å². The Morgan fingerprint density at radius 2 is 1.19 bits per heavy atom. The summed E-state index contributed by atoms with van der Waals surface area (Å²) in [5, 5.41) is 0. The number of rotatable bonds is 13. The number of carbonyl (C=O) groups is 2.